The van der Waals surface area contributed by atoms with Gasteiger partial charge in [0.2, 0.25) is 0 Å². The van der Waals surface area contributed by atoms with Crippen molar-refractivity contribution < 1.29 is 4.79 Å². The van der Waals surface area contributed by atoms with Crippen LogP contribution in [0.2, 0.25) is 0 Å². The van der Waals surface area contributed by atoms with Crippen molar-refractivity contribution in [3.8, 4) is 0 Å². The lowest BCUT2D eigenvalue weighted by atomic mass is 10.2. The molecule has 1 rings (SSSR count). The summed E-state index contributed by atoms with van der Waals surface area (Å²) in [6.45, 7) is 3.60. The molecule has 3 N–H and O–H groups in total. The van der Waals surface area contributed by atoms with Crippen molar-refractivity contribution in [3.05, 3.63) is 54.4 Å². The third-order valence-electron chi connectivity index (χ3n) is 2.46. The van der Waals surface area contributed by atoms with Crippen LogP contribution in [0.5, 0.6) is 0 Å². The normalized spacial score (nSPS) is 11.4. The molecule has 0 aliphatic heterocycles. The van der Waals surface area contributed by atoms with Gasteiger partial charge >= 0.3 is 0 Å². The minimum absolute atomic E-state index is 0.250. The number of hydrogen-bond donors (Lipinski definition) is 2. The second-order valence-electron chi connectivity index (χ2n) is 3.48. The summed E-state index contributed by atoms with van der Waals surface area (Å²) in [6, 6.07) is 9.57. The molecule has 90 valence electrons. The van der Waals surface area contributed by atoms with Crippen LogP contribution in [0.25, 0.3) is 0 Å². The van der Waals surface area contributed by atoms with Gasteiger partial charge in [0.05, 0.1) is 5.57 Å². The highest BCUT2D eigenvalue weighted by molar-refractivity contribution is 5.97. The first-order valence-corrected chi connectivity index (χ1v) is 5.24. The fourth-order valence-corrected chi connectivity index (χ4v) is 1.42. The van der Waals surface area contributed by atoms with Crippen molar-refractivity contribution in [1.82, 2.24) is 5.32 Å². The predicted octanol–water partition coefficient (Wildman–Crippen LogP) is 1.23. The number of nitrogens with one attached hydrogen (secondary N) is 1. The van der Waals surface area contributed by atoms with Crippen molar-refractivity contribution in [1.29, 1.82) is 0 Å². The third-order valence-corrected chi connectivity index (χ3v) is 2.46. The predicted molar refractivity (Wildman–Crippen MR) is 70.3 cm³/mol. The van der Waals surface area contributed by atoms with Crippen LogP contribution in [0.15, 0.2) is 54.4 Å². The maximum atomic E-state index is 11.6. The first-order valence-electron chi connectivity index (χ1n) is 5.24. The minimum atomic E-state index is -0.250. The van der Waals surface area contributed by atoms with Gasteiger partial charge in [-0.25, -0.2) is 0 Å². The molecule has 0 spiro atoms. The molecule has 1 amide bonds. The zero-order chi connectivity index (χ0) is 12.8. The van der Waals surface area contributed by atoms with E-state index in [9.17, 15) is 4.79 Å². The van der Waals surface area contributed by atoms with Gasteiger partial charge in [0.15, 0.2) is 0 Å². The molecule has 0 aromatic heterocycles. The fourth-order valence-electron chi connectivity index (χ4n) is 1.42. The average molecular weight is 231 g/mol. The number of likely N-dealkylation sites (N-methyl/N-ethyl adjacent to an activating group) is 1. The molecule has 0 radical (unpaired) electrons. The van der Waals surface area contributed by atoms with Gasteiger partial charge in [0.1, 0.15) is 5.82 Å². The molecule has 0 fully saturated rings. The molecule has 0 aliphatic carbocycles. The van der Waals surface area contributed by atoms with Gasteiger partial charge in [0, 0.05) is 19.8 Å². The molecule has 4 heteroatoms. The average Bonchev–Trinajstić information content (AvgIpc) is 2.39. The summed E-state index contributed by atoms with van der Waals surface area (Å²) < 4.78 is 0. The van der Waals surface area contributed by atoms with E-state index < -0.39 is 0 Å². The van der Waals surface area contributed by atoms with E-state index in [-0.39, 0.29) is 5.91 Å². The topological polar surface area (TPSA) is 58.4 Å². The summed E-state index contributed by atoms with van der Waals surface area (Å²) in [5.74, 6) is 0.117. The zero-order valence-electron chi connectivity index (χ0n) is 10.1. The summed E-state index contributed by atoms with van der Waals surface area (Å²) in [5, 5.41) is 2.53. The van der Waals surface area contributed by atoms with Gasteiger partial charge in [-0.05, 0) is 12.1 Å². The molecule has 0 aliphatic rings. The number of carbonyl (C=O) groups is 1. The summed E-state index contributed by atoms with van der Waals surface area (Å²) in [6.07, 6.45) is 1.45. The lowest BCUT2D eigenvalue weighted by Gasteiger charge is -2.21. The summed E-state index contributed by atoms with van der Waals surface area (Å²) >= 11 is 0. The van der Waals surface area contributed by atoms with Crippen LogP contribution >= 0.6 is 0 Å². The summed E-state index contributed by atoms with van der Waals surface area (Å²) in [4.78, 5) is 13.3. The number of hydrogen-bond acceptors (Lipinski definition) is 3. The second-order valence-corrected chi connectivity index (χ2v) is 3.48. The number of nitrogens with zero attached hydrogens (tertiary/aromatic N) is 1. The summed E-state index contributed by atoms with van der Waals surface area (Å²) in [7, 11) is 3.36. The number of benzene rings is 1. The summed E-state index contributed by atoms with van der Waals surface area (Å²) in [5.41, 5.74) is 7.22. The maximum Gasteiger partial charge on any atom is 0.254 e. The van der Waals surface area contributed by atoms with E-state index in [4.69, 9.17) is 5.73 Å². The zero-order valence-corrected chi connectivity index (χ0v) is 10.1. The number of amides is 1. The molecular formula is C13H17N3O. The van der Waals surface area contributed by atoms with Gasteiger partial charge in [-0.1, -0.05) is 30.9 Å². The Morgan fingerprint density at radius 2 is 2.00 bits per heavy atom. The molecule has 0 heterocycles. The van der Waals surface area contributed by atoms with Crippen LogP contribution in [0.3, 0.4) is 0 Å². The van der Waals surface area contributed by atoms with Gasteiger partial charge in [-0.3, -0.25) is 4.79 Å². The van der Waals surface area contributed by atoms with Crippen molar-refractivity contribution in [2.45, 2.75) is 0 Å². The highest BCUT2D eigenvalue weighted by Gasteiger charge is 2.12. The number of anilines is 1. The lowest BCUT2D eigenvalue weighted by Crippen LogP contribution is -2.30. The minimum Gasteiger partial charge on any atom is -0.384 e. The van der Waals surface area contributed by atoms with Crippen molar-refractivity contribution in [2.24, 2.45) is 5.73 Å². The number of carbonyl (C=O) groups excluding carboxylic acids is 1. The molecule has 0 unspecified atom stereocenters. The van der Waals surface area contributed by atoms with E-state index in [1.807, 2.05) is 30.3 Å². The van der Waals surface area contributed by atoms with Crippen LogP contribution in [-0.2, 0) is 4.79 Å². The van der Waals surface area contributed by atoms with Crippen LogP contribution in [0, 0.1) is 0 Å². The van der Waals surface area contributed by atoms with E-state index in [1.54, 1.807) is 19.0 Å². The molecular weight excluding hydrogens is 214 g/mol. The molecule has 1 aromatic rings. The third kappa shape index (κ3) is 2.87. The highest BCUT2D eigenvalue weighted by Crippen LogP contribution is 2.16. The second kappa shape index (κ2) is 5.75. The van der Waals surface area contributed by atoms with E-state index >= 15 is 0 Å². The standard InChI is InChI=1S/C13H17N3O/c1-4-11(13(17)15-2)12(14)16(3)10-8-6-5-7-9-10/h4-9H,1,14H2,2-3H3,(H,15,17)/b12-11+. The van der Waals surface area contributed by atoms with E-state index in [0.717, 1.165) is 5.69 Å². The van der Waals surface area contributed by atoms with Crippen LogP contribution < -0.4 is 16.0 Å². The monoisotopic (exact) mass is 231 g/mol. The van der Waals surface area contributed by atoms with Crippen LogP contribution in [-0.4, -0.2) is 20.0 Å². The Labute approximate surface area is 101 Å². The molecule has 0 saturated carbocycles. The van der Waals surface area contributed by atoms with Gasteiger partial charge in [-0.15, -0.1) is 0 Å². The van der Waals surface area contributed by atoms with Gasteiger partial charge < -0.3 is 16.0 Å². The SMILES string of the molecule is C=C/C(C(=O)NC)=C(/N)N(C)c1ccccc1. The molecule has 17 heavy (non-hydrogen) atoms. The molecule has 0 atom stereocenters. The smallest absolute Gasteiger partial charge is 0.254 e. The Bertz CT molecular complexity index is 437. The van der Waals surface area contributed by atoms with E-state index in [1.165, 1.54) is 6.08 Å². The highest BCUT2D eigenvalue weighted by atomic mass is 16.1. The quantitative estimate of drug-likeness (QED) is 0.605. The van der Waals surface area contributed by atoms with Crippen molar-refractivity contribution in [2.75, 3.05) is 19.0 Å². The van der Waals surface area contributed by atoms with Crippen molar-refractivity contribution >= 4 is 11.6 Å². The van der Waals surface area contributed by atoms with E-state index in [2.05, 4.69) is 11.9 Å². The van der Waals surface area contributed by atoms with E-state index in [0.29, 0.717) is 11.4 Å². The Hall–Kier alpha value is -2.23. The number of para-hydroxylation sites is 1. The van der Waals surface area contributed by atoms with Crippen LogP contribution in [0.4, 0.5) is 5.69 Å². The van der Waals surface area contributed by atoms with Gasteiger partial charge in [0.25, 0.3) is 5.91 Å². The molecule has 0 saturated heterocycles. The maximum absolute atomic E-state index is 11.6. The number of nitrogens with two attached hydrogens (primary N) is 1. The lowest BCUT2D eigenvalue weighted by molar-refractivity contribution is -0.116. The Morgan fingerprint density at radius 3 is 2.47 bits per heavy atom. The van der Waals surface area contributed by atoms with Crippen LogP contribution in [0.1, 0.15) is 0 Å². The Morgan fingerprint density at radius 1 is 1.41 bits per heavy atom. The Balaban J connectivity index is 3.10. The van der Waals surface area contributed by atoms with Crippen molar-refractivity contribution in [3.63, 3.8) is 0 Å². The fraction of sp³-hybridized carbons (Fsp3) is 0.154. The molecule has 1 aromatic carbocycles. The number of rotatable bonds is 4. The first-order chi connectivity index (χ1) is 8.11. The Kier molecular flexibility index (Phi) is 4.34. The molecule has 4 nitrogen and oxygen atoms in total. The first kappa shape index (κ1) is 12.8. The molecule has 0 bridgehead atoms. The van der Waals surface area contributed by atoms with Gasteiger partial charge in [-0.2, -0.15) is 0 Å². The largest absolute Gasteiger partial charge is 0.384 e.